The van der Waals surface area contributed by atoms with Crippen LogP contribution in [0.1, 0.15) is 22.5 Å². The number of carbonyl (C=O) groups excluding carboxylic acids is 1. The zero-order valence-corrected chi connectivity index (χ0v) is 11.3. The van der Waals surface area contributed by atoms with Crippen LogP contribution in [0.3, 0.4) is 0 Å². The fourth-order valence-electron chi connectivity index (χ4n) is 2.77. The Bertz CT molecular complexity index is 448. The average Bonchev–Trinajstić information content (AvgIpc) is 3.05. The van der Waals surface area contributed by atoms with E-state index in [0.29, 0.717) is 10.9 Å². The number of nitrogens with zero attached hydrogens (tertiary/aromatic N) is 3. The fraction of sp³-hybridized carbons (Fsp3) is 0.667. The molecule has 2 aliphatic rings. The largest absolute Gasteiger partial charge is 0.465 e. The van der Waals surface area contributed by atoms with Crippen molar-refractivity contribution in [1.29, 1.82) is 0 Å². The lowest BCUT2D eigenvalue weighted by Crippen LogP contribution is -2.50. The topological polar surface area (TPSA) is 45.7 Å². The fourth-order valence-corrected chi connectivity index (χ4v) is 3.64. The summed E-state index contributed by atoms with van der Waals surface area (Å²) in [6, 6.07) is 0.671. The van der Waals surface area contributed by atoms with E-state index in [1.165, 1.54) is 37.8 Å². The summed E-state index contributed by atoms with van der Waals surface area (Å²) in [5.41, 5.74) is 0. The highest BCUT2D eigenvalue weighted by atomic mass is 32.1. The SMILES string of the molecule is COC(=O)c1cnc(N2CCN3CCCC3C2)s1. The average molecular weight is 267 g/mol. The molecule has 0 saturated carbocycles. The first-order valence-electron chi connectivity index (χ1n) is 6.31. The number of anilines is 1. The highest BCUT2D eigenvalue weighted by Crippen LogP contribution is 2.28. The number of ether oxygens (including phenoxy) is 1. The van der Waals surface area contributed by atoms with Crippen molar-refractivity contribution in [2.45, 2.75) is 18.9 Å². The third kappa shape index (κ3) is 2.10. The van der Waals surface area contributed by atoms with Gasteiger partial charge >= 0.3 is 5.97 Å². The standard InChI is InChI=1S/C12H17N3O2S/c1-17-11(16)10-7-13-12(18-10)15-6-5-14-4-2-3-9(14)8-15/h7,9H,2-6,8H2,1H3. The van der Waals surface area contributed by atoms with E-state index in [1.807, 2.05) is 0 Å². The van der Waals surface area contributed by atoms with Gasteiger partial charge in [0.2, 0.25) is 0 Å². The van der Waals surface area contributed by atoms with E-state index in [0.717, 1.165) is 24.8 Å². The molecule has 2 aliphatic heterocycles. The van der Waals surface area contributed by atoms with E-state index in [9.17, 15) is 4.79 Å². The first kappa shape index (κ1) is 11.9. The van der Waals surface area contributed by atoms with E-state index < -0.39 is 0 Å². The van der Waals surface area contributed by atoms with E-state index in [1.54, 1.807) is 6.20 Å². The predicted octanol–water partition coefficient (Wildman–Crippen LogP) is 1.21. The van der Waals surface area contributed by atoms with Crippen LogP contribution < -0.4 is 4.90 Å². The van der Waals surface area contributed by atoms with Crippen molar-refractivity contribution in [3.63, 3.8) is 0 Å². The smallest absolute Gasteiger partial charge is 0.349 e. The molecule has 6 heteroatoms. The Morgan fingerprint density at radius 2 is 2.39 bits per heavy atom. The number of piperazine rings is 1. The maximum atomic E-state index is 11.4. The van der Waals surface area contributed by atoms with Crippen LogP contribution in [0.25, 0.3) is 0 Å². The van der Waals surface area contributed by atoms with Crippen molar-refractivity contribution in [1.82, 2.24) is 9.88 Å². The van der Waals surface area contributed by atoms with Gasteiger partial charge in [0.05, 0.1) is 13.3 Å². The highest BCUT2D eigenvalue weighted by Gasteiger charge is 2.31. The van der Waals surface area contributed by atoms with E-state index in [4.69, 9.17) is 4.74 Å². The normalized spacial score (nSPS) is 24.1. The van der Waals surface area contributed by atoms with E-state index >= 15 is 0 Å². The number of esters is 1. The maximum absolute atomic E-state index is 11.4. The van der Waals surface area contributed by atoms with Crippen molar-refractivity contribution in [2.75, 3.05) is 38.2 Å². The van der Waals surface area contributed by atoms with Gasteiger partial charge in [-0.2, -0.15) is 0 Å². The predicted molar refractivity (Wildman–Crippen MR) is 70.3 cm³/mol. The monoisotopic (exact) mass is 267 g/mol. The number of methoxy groups -OCH3 is 1. The van der Waals surface area contributed by atoms with Crippen LogP contribution in [0.2, 0.25) is 0 Å². The first-order chi connectivity index (χ1) is 8.78. The number of thiazole rings is 1. The molecule has 0 amide bonds. The molecular weight excluding hydrogens is 250 g/mol. The summed E-state index contributed by atoms with van der Waals surface area (Å²) in [6.07, 6.45) is 4.21. The number of fused-ring (bicyclic) bond motifs is 1. The van der Waals surface area contributed by atoms with Crippen molar-refractivity contribution >= 4 is 22.4 Å². The molecule has 3 heterocycles. The zero-order chi connectivity index (χ0) is 12.5. The lowest BCUT2D eigenvalue weighted by Gasteiger charge is -2.37. The second kappa shape index (κ2) is 4.85. The summed E-state index contributed by atoms with van der Waals surface area (Å²) in [6.45, 7) is 4.39. The number of hydrogen-bond donors (Lipinski definition) is 0. The zero-order valence-electron chi connectivity index (χ0n) is 10.5. The van der Waals surface area contributed by atoms with Gasteiger partial charge in [0.25, 0.3) is 0 Å². The molecule has 0 aromatic carbocycles. The van der Waals surface area contributed by atoms with Gasteiger partial charge in [-0.3, -0.25) is 4.90 Å². The molecule has 2 saturated heterocycles. The number of aromatic nitrogens is 1. The molecule has 3 rings (SSSR count). The van der Waals surface area contributed by atoms with Crippen molar-refractivity contribution < 1.29 is 9.53 Å². The lowest BCUT2D eigenvalue weighted by atomic mass is 10.2. The molecular formula is C12H17N3O2S. The van der Waals surface area contributed by atoms with Crippen LogP contribution in [0.15, 0.2) is 6.20 Å². The van der Waals surface area contributed by atoms with Crippen LogP contribution >= 0.6 is 11.3 Å². The number of rotatable bonds is 2. The Hall–Kier alpha value is -1.14. The quantitative estimate of drug-likeness (QED) is 0.754. The molecule has 1 aromatic heterocycles. The minimum absolute atomic E-state index is 0.293. The summed E-state index contributed by atoms with van der Waals surface area (Å²) in [5, 5.41) is 0.946. The minimum atomic E-state index is -0.293. The Morgan fingerprint density at radius 1 is 1.50 bits per heavy atom. The van der Waals surface area contributed by atoms with Crippen LogP contribution in [0, 0.1) is 0 Å². The summed E-state index contributed by atoms with van der Waals surface area (Å²) in [4.78, 5) is 21.2. The third-order valence-electron chi connectivity index (χ3n) is 3.74. The maximum Gasteiger partial charge on any atom is 0.349 e. The van der Waals surface area contributed by atoms with Crippen molar-refractivity contribution in [3.05, 3.63) is 11.1 Å². The molecule has 98 valence electrons. The summed E-state index contributed by atoms with van der Waals surface area (Å²) in [5.74, 6) is -0.293. The summed E-state index contributed by atoms with van der Waals surface area (Å²) < 4.78 is 4.71. The molecule has 2 fully saturated rings. The molecule has 0 radical (unpaired) electrons. The van der Waals surface area contributed by atoms with Gasteiger partial charge in [-0.15, -0.1) is 0 Å². The minimum Gasteiger partial charge on any atom is -0.465 e. The number of hydrogen-bond acceptors (Lipinski definition) is 6. The summed E-state index contributed by atoms with van der Waals surface area (Å²) in [7, 11) is 1.40. The van der Waals surface area contributed by atoms with E-state index in [2.05, 4.69) is 14.8 Å². The van der Waals surface area contributed by atoms with Gasteiger partial charge in [0, 0.05) is 25.7 Å². The van der Waals surface area contributed by atoms with Crippen LogP contribution in [0.4, 0.5) is 5.13 Å². The highest BCUT2D eigenvalue weighted by molar-refractivity contribution is 7.17. The Balaban J connectivity index is 1.71. The molecule has 1 atom stereocenters. The van der Waals surface area contributed by atoms with Crippen LogP contribution in [0.5, 0.6) is 0 Å². The van der Waals surface area contributed by atoms with E-state index in [-0.39, 0.29) is 5.97 Å². The van der Waals surface area contributed by atoms with Gasteiger partial charge in [-0.05, 0) is 19.4 Å². The van der Waals surface area contributed by atoms with Crippen LogP contribution in [-0.4, -0.2) is 55.2 Å². The van der Waals surface area contributed by atoms with Gasteiger partial charge in [0.15, 0.2) is 5.13 Å². The second-order valence-electron chi connectivity index (χ2n) is 4.78. The molecule has 0 bridgehead atoms. The number of carbonyl (C=O) groups is 1. The summed E-state index contributed by atoms with van der Waals surface area (Å²) >= 11 is 1.43. The molecule has 0 spiro atoms. The Labute approximate surface area is 110 Å². The van der Waals surface area contributed by atoms with Gasteiger partial charge < -0.3 is 9.64 Å². The first-order valence-corrected chi connectivity index (χ1v) is 7.12. The molecule has 1 unspecified atom stereocenters. The Morgan fingerprint density at radius 3 is 3.22 bits per heavy atom. The second-order valence-corrected chi connectivity index (χ2v) is 5.79. The molecule has 0 N–H and O–H groups in total. The van der Waals surface area contributed by atoms with Gasteiger partial charge in [0.1, 0.15) is 4.88 Å². The van der Waals surface area contributed by atoms with Crippen molar-refractivity contribution in [2.24, 2.45) is 0 Å². The Kier molecular flexibility index (Phi) is 3.22. The molecule has 0 aliphatic carbocycles. The molecule has 1 aromatic rings. The molecule has 5 nitrogen and oxygen atoms in total. The van der Waals surface area contributed by atoms with Gasteiger partial charge in [-0.25, -0.2) is 9.78 Å². The van der Waals surface area contributed by atoms with Crippen LogP contribution in [-0.2, 0) is 4.74 Å². The lowest BCUT2D eigenvalue weighted by molar-refractivity contribution is 0.0606. The third-order valence-corrected chi connectivity index (χ3v) is 4.78. The molecule has 18 heavy (non-hydrogen) atoms. The van der Waals surface area contributed by atoms with Gasteiger partial charge in [-0.1, -0.05) is 11.3 Å². The van der Waals surface area contributed by atoms with Crippen molar-refractivity contribution in [3.8, 4) is 0 Å².